The van der Waals surface area contributed by atoms with E-state index in [9.17, 15) is 9.18 Å². The van der Waals surface area contributed by atoms with Gasteiger partial charge in [-0.3, -0.25) is 4.79 Å². The smallest absolute Gasteiger partial charge is 0.305 e. The summed E-state index contributed by atoms with van der Waals surface area (Å²) in [5.41, 5.74) is 0.857. The van der Waals surface area contributed by atoms with Crippen molar-refractivity contribution in [1.29, 1.82) is 0 Å². The van der Waals surface area contributed by atoms with Crippen molar-refractivity contribution in [3.8, 4) is 0 Å². The highest BCUT2D eigenvalue weighted by Gasteiger charge is 2.38. The van der Waals surface area contributed by atoms with Crippen molar-refractivity contribution in [2.45, 2.75) is 18.9 Å². The minimum absolute atomic E-state index is 0.0520. The summed E-state index contributed by atoms with van der Waals surface area (Å²) in [5.74, 6) is -1.09. The molecule has 2 rings (SSSR count). The molecule has 0 aliphatic carbocycles. The van der Waals surface area contributed by atoms with Crippen LogP contribution in [0.3, 0.4) is 0 Å². The van der Waals surface area contributed by atoms with Crippen LogP contribution in [-0.2, 0) is 4.79 Å². The van der Waals surface area contributed by atoms with Crippen molar-refractivity contribution in [1.82, 2.24) is 5.32 Å². The minimum atomic E-state index is -0.835. The van der Waals surface area contributed by atoms with Gasteiger partial charge in [-0.25, -0.2) is 4.39 Å². The van der Waals surface area contributed by atoms with Crippen molar-refractivity contribution < 1.29 is 14.3 Å². The predicted octanol–water partition coefficient (Wildman–Crippen LogP) is 1.36. The number of hydrogen-bond donors (Lipinski definition) is 3. The molecule has 0 aromatic heterocycles. The summed E-state index contributed by atoms with van der Waals surface area (Å²) in [6.07, 6.45) is 0.0520. The van der Waals surface area contributed by atoms with E-state index in [1.165, 1.54) is 6.07 Å². The van der Waals surface area contributed by atoms with Gasteiger partial charge in [0.15, 0.2) is 0 Å². The highest BCUT2D eigenvalue weighted by molar-refractivity contribution is 5.70. The van der Waals surface area contributed by atoms with Gasteiger partial charge in [0.2, 0.25) is 0 Å². The van der Waals surface area contributed by atoms with Gasteiger partial charge < -0.3 is 15.7 Å². The molecule has 1 aromatic rings. The number of hydrogen-bond acceptors (Lipinski definition) is 3. The molecule has 0 saturated carbocycles. The number of aryl methyl sites for hydroxylation is 1. The Morgan fingerprint density at radius 3 is 2.76 bits per heavy atom. The molecule has 0 bridgehead atoms. The molecule has 1 aliphatic rings. The van der Waals surface area contributed by atoms with Crippen LogP contribution in [0.4, 0.5) is 10.1 Å². The van der Waals surface area contributed by atoms with E-state index in [-0.39, 0.29) is 12.2 Å². The standard InChI is InChI=1S/C12H15FN2O2/c1-8-4-9(2-3-10(8)13)15-12(5-11(16)17)6-14-7-12/h2-4,14-15H,5-7H2,1H3,(H,16,17). The number of anilines is 1. The third kappa shape index (κ3) is 2.55. The number of nitrogens with one attached hydrogen (secondary N) is 2. The Morgan fingerprint density at radius 1 is 1.59 bits per heavy atom. The van der Waals surface area contributed by atoms with Gasteiger partial charge in [0.05, 0.1) is 12.0 Å². The van der Waals surface area contributed by atoms with Gasteiger partial charge in [0.1, 0.15) is 5.82 Å². The third-order valence-corrected chi connectivity index (χ3v) is 2.98. The van der Waals surface area contributed by atoms with Gasteiger partial charge in [0, 0.05) is 18.8 Å². The van der Waals surface area contributed by atoms with Gasteiger partial charge >= 0.3 is 5.97 Å². The van der Waals surface area contributed by atoms with E-state index in [1.54, 1.807) is 19.1 Å². The SMILES string of the molecule is Cc1cc(NC2(CC(=O)O)CNC2)ccc1F. The molecule has 92 valence electrons. The minimum Gasteiger partial charge on any atom is -0.481 e. The summed E-state index contributed by atoms with van der Waals surface area (Å²) in [7, 11) is 0. The molecule has 1 heterocycles. The summed E-state index contributed by atoms with van der Waals surface area (Å²) >= 11 is 0. The number of carbonyl (C=O) groups is 1. The summed E-state index contributed by atoms with van der Waals surface area (Å²) in [4.78, 5) is 10.8. The molecule has 1 saturated heterocycles. The monoisotopic (exact) mass is 238 g/mol. The molecule has 0 amide bonds. The Bertz CT molecular complexity index is 444. The number of halogens is 1. The molecule has 4 nitrogen and oxygen atoms in total. The van der Waals surface area contributed by atoms with Gasteiger partial charge in [-0.2, -0.15) is 0 Å². The third-order valence-electron chi connectivity index (χ3n) is 2.98. The van der Waals surface area contributed by atoms with Crippen LogP contribution in [0.25, 0.3) is 0 Å². The Labute approximate surface area is 98.8 Å². The highest BCUT2D eigenvalue weighted by Crippen LogP contribution is 2.24. The van der Waals surface area contributed by atoms with Gasteiger partial charge in [0.25, 0.3) is 0 Å². The van der Waals surface area contributed by atoms with Crippen molar-refractivity contribution >= 4 is 11.7 Å². The zero-order valence-electron chi connectivity index (χ0n) is 9.59. The van der Waals surface area contributed by atoms with Crippen molar-refractivity contribution in [2.75, 3.05) is 18.4 Å². The zero-order chi connectivity index (χ0) is 12.5. The van der Waals surface area contributed by atoms with Crippen LogP contribution in [0.2, 0.25) is 0 Å². The second kappa shape index (κ2) is 4.33. The maximum absolute atomic E-state index is 13.1. The lowest BCUT2D eigenvalue weighted by molar-refractivity contribution is -0.138. The largest absolute Gasteiger partial charge is 0.481 e. The maximum atomic E-state index is 13.1. The van der Waals surface area contributed by atoms with Gasteiger partial charge in [-0.15, -0.1) is 0 Å². The molecule has 5 heteroatoms. The first kappa shape index (κ1) is 11.9. The summed E-state index contributed by atoms with van der Waals surface area (Å²) in [6, 6.07) is 4.71. The summed E-state index contributed by atoms with van der Waals surface area (Å²) in [6.45, 7) is 2.90. The van der Waals surface area contributed by atoms with Crippen LogP contribution < -0.4 is 10.6 Å². The van der Waals surface area contributed by atoms with E-state index in [0.29, 0.717) is 18.7 Å². The molecule has 0 unspecified atom stereocenters. The number of benzene rings is 1. The van der Waals surface area contributed by atoms with E-state index in [0.717, 1.165) is 5.69 Å². The van der Waals surface area contributed by atoms with Crippen molar-refractivity contribution in [3.05, 3.63) is 29.6 Å². The van der Waals surface area contributed by atoms with E-state index >= 15 is 0 Å². The lowest BCUT2D eigenvalue weighted by Crippen LogP contribution is -2.65. The van der Waals surface area contributed by atoms with Crippen molar-refractivity contribution in [3.63, 3.8) is 0 Å². The quantitative estimate of drug-likeness (QED) is 0.741. The molecular weight excluding hydrogens is 223 g/mol. The fourth-order valence-corrected chi connectivity index (χ4v) is 2.00. The molecule has 1 aliphatic heterocycles. The molecule has 0 atom stereocenters. The lowest BCUT2D eigenvalue weighted by Gasteiger charge is -2.43. The number of aliphatic carboxylic acids is 1. The van der Waals surface area contributed by atoms with Gasteiger partial charge in [-0.1, -0.05) is 0 Å². The molecule has 17 heavy (non-hydrogen) atoms. The normalized spacial score (nSPS) is 17.3. The van der Waals surface area contributed by atoms with Crippen LogP contribution in [0, 0.1) is 12.7 Å². The van der Waals surface area contributed by atoms with Crippen LogP contribution >= 0.6 is 0 Å². The highest BCUT2D eigenvalue weighted by atomic mass is 19.1. The molecular formula is C12H15FN2O2. The van der Waals surface area contributed by atoms with E-state index in [2.05, 4.69) is 10.6 Å². The Morgan fingerprint density at radius 2 is 2.29 bits per heavy atom. The predicted molar refractivity (Wildman–Crippen MR) is 62.6 cm³/mol. The fourth-order valence-electron chi connectivity index (χ4n) is 2.00. The molecule has 0 radical (unpaired) electrons. The summed E-state index contributed by atoms with van der Waals surface area (Å²) < 4.78 is 13.1. The van der Waals surface area contributed by atoms with E-state index < -0.39 is 11.5 Å². The first-order valence-electron chi connectivity index (χ1n) is 5.48. The topological polar surface area (TPSA) is 61.4 Å². The Kier molecular flexibility index (Phi) is 3.02. The average Bonchev–Trinajstić information content (AvgIpc) is 2.19. The molecule has 1 fully saturated rings. The van der Waals surface area contributed by atoms with Crippen LogP contribution in [0.1, 0.15) is 12.0 Å². The number of rotatable bonds is 4. The van der Waals surface area contributed by atoms with E-state index in [4.69, 9.17) is 5.11 Å². The second-order valence-electron chi connectivity index (χ2n) is 4.54. The number of carboxylic acids is 1. The van der Waals surface area contributed by atoms with Crippen molar-refractivity contribution in [2.24, 2.45) is 0 Å². The lowest BCUT2D eigenvalue weighted by atomic mass is 9.88. The maximum Gasteiger partial charge on any atom is 0.305 e. The fraction of sp³-hybridized carbons (Fsp3) is 0.417. The Hall–Kier alpha value is -1.62. The first-order valence-corrected chi connectivity index (χ1v) is 5.48. The number of carboxylic acid groups (broad SMARTS) is 1. The van der Waals surface area contributed by atoms with Crippen LogP contribution in [-0.4, -0.2) is 29.7 Å². The molecule has 3 N–H and O–H groups in total. The zero-order valence-corrected chi connectivity index (χ0v) is 9.59. The second-order valence-corrected chi connectivity index (χ2v) is 4.54. The first-order chi connectivity index (χ1) is 8.01. The Balaban J connectivity index is 2.13. The summed E-state index contributed by atoms with van der Waals surface area (Å²) in [5, 5.41) is 15.1. The van der Waals surface area contributed by atoms with E-state index in [1.807, 2.05) is 0 Å². The van der Waals surface area contributed by atoms with Crippen LogP contribution in [0.5, 0.6) is 0 Å². The molecule has 1 aromatic carbocycles. The average molecular weight is 238 g/mol. The van der Waals surface area contributed by atoms with Crippen LogP contribution in [0.15, 0.2) is 18.2 Å². The molecule has 0 spiro atoms. The van der Waals surface area contributed by atoms with Gasteiger partial charge in [-0.05, 0) is 30.7 Å².